The standard InChI is InChI=1S/C13H18BrNO/c1-10-6-5-7-11(8-10)12(16)15(4)13(2,3)9-14/h5-8H,9H2,1-4H3. The second-order valence-corrected chi connectivity index (χ2v) is 5.24. The van der Waals surface area contributed by atoms with Crippen LogP contribution in [0.15, 0.2) is 24.3 Å². The molecule has 0 aliphatic carbocycles. The van der Waals surface area contributed by atoms with E-state index < -0.39 is 0 Å². The zero-order valence-corrected chi connectivity index (χ0v) is 11.8. The van der Waals surface area contributed by atoms with Gasteiger partial charge in [0.2, 0.25) is 0 Å². The van der Waals surface area contributed by atoms with E-state index in [2.05, 4.69) is 15.9 Å². The lowest BCUT2D eigenvalue weighted by Gasteiger charge is -2.34. The third-order valence-corrected chi connectivity index (χ3v) is 4.18. The molecule has 88 valence electrons. The van der Waals surface area contributed by atoms with Crippen molar-refractivity contribution in [3.8, 4) is 0 Å². The summed E-state index contributed by atoms with van der Waals surface area (Å²) in [6.07, 6.45) is 0. The van der Waals surface area contributed by atoms with Crippen molar-refractivity contribution < 1.29 is 4.79 Å². The van der Waals surface area contributed by atoms with Crippen LogP contribution in [0.5, 0.6) is 0 Å². The fourth-order valence-corrected chi connectivity index (χ4v) is 1.71. The molecule has 0 atom stereocenters. The Balaban J connectivity index is 2.95. The molecular weight excluding hydrogens is 266 g/mol. The average Bonchev–Trinajstić information content (AvgIpc) is 2.27. The Labute approximate surface area is 106 Å². The molecule has 0 N–H and O–H groups in total. The van der Waals surface area contributed by atoms with Gasteiger partial charge in [-0.05, 0) is 32.9 Å². The van der Waals surface area contributed by atoms with Crippen molar-refractivity contribution in [3.05, 3.63) is 35.4 Å². The van der Waals surface area contributed by atoms with E-state index in [-0.39, 0.29) is 11.4 Å². The van der Waals surface area contributed by atoms with E-state index in [1.165, 1.54) is 0 Å². The van der Waals surface area contributed by atoms with E-state index in [0.29, 0.717) is 0 Å². The van der Waals surface area contributed by atoms with E-state index in [9.17, 15) is 4.79 Å². The summed E-state index contributed by atoms with van der Waals surface area (Å²) in [6, 6.07) is 7.68. The Morgan fingerprint density at radius 2 is 2.06 bits per heavy atom. The molecule has 1 rings (SSSR count). The first-order chi connectivity index (χ1) is 7.38. The number of hydrogen-bond donors (Lipinski definition) is 0. The average molecular weight is 284 g/mol. The SMILES string of the molecule is Cc1cccc(C(=O)N(C)C(C)(C)CBr)c1. The highest BCUT2D eigenvalue weighted by Crippen LogP contribution is 2.18. The van der Waals surface area contributed by atoms with Gasteiger partial charge >= 0.3 is 0 Å². The molecule has 0 bridgehead atoms. The highest BCUT2D eigenvalue weighted by Gasteiger charge is 2.26. The van der Waals surface area contributed by atoms with Crippen LogP contribution in [0.3, 0.4) is 0 Å². The number of carbonyl (C=O) groups excluding carboxylic acids is 1. The van der Waals surface area contributed by atoms with Gasteiger partial charge in [-0.3, -0.25) is 4.79 Å². The van der Waals surface area contributed by atoms with Gasteiger partial charge in [-0.1, -0.05) is 33.6 Å². The molecule has 0 saturated carbocycles. The third-order valence-electron chi connectivity index (χ3n) is 2.80. The summed E-state index contributed by atoms with van der Waals surface area (Å²) in [4.78, 5) is 14.0. The summed E-state index contributed by atoms with van der Waals surface area (Å²) in [5.41, 5.74) is 1.67. The number of amides is 1. The Kier molecular flexibility index (Phi) is 4.14. The number of rotatable bonds is 3. The van der Waals surface area contributed by atoms with Gasteiger partial charge in [0.25, 0.3) is 5.91 Å². The van der Waals surface area contributed by atoms with Crippen molar-refractivity contribution in [1.29, 1.82) is 0 Å². The number of alkyl halides is 1. The van der Waals surface area contributed by atoms with E-state index in [1.54, 1.807) is 4.90 Å². The highest BCUT2D eigenvalue weighted by molar-refractivity contribution is 9.09. The van der Waals surface area contributed by atoms with Crippen LogP contribution in [-0.4, -0.2) is 28.7 Å². The van der Waals surface area contributed by atoms with Crippen LogP contribution >= 0.6 is 15.9 Å². The molecule has 2 nitrogen and oxygen atoms in total. The lowest BCUT2D eigenvalue weighted by atomic mass is 10.0. The van der Waals surface area contributed by atoms with Crippen molar-refractivity contribution in [2.75, 3.05) is 12.4 Å². The maximum absolute atomic E-state index is 12.2. The second kappa shape index (κ2) is 5.00. The molecule has 1 amide bonds. The molecule has 1 aromatic rings. The minimum Gasteiger partial charge on any atom is -0.336 e. The Morgan fingerprint density at radius 3 is 2.56 bits per heavy atom. The van der Waals surface area contributed by atoms with Crippen molar-refractivity contribution in [1.82, 2.24) is 4.90 Å². The summed E-state index contributed by atoms with van der Waals surface area (Å²) in [6.45, 7) is 6.07. The van der Waals surface area contributed by atoms with Gasteiger partial charge in [-0.25, -0.2) is 0 Å². The monoisotopic (exact) mass is 283 g/mol. The molecule has 0 aliphatic heterocycles. The Bertz CT molecular complexity index is 387. The molecule has 0 saturated heterocycles. The maximum Gasteiger partial charge on any atom is 0.254 e. The largest absolute Gasteiger partial charge is 0.336 e. The third kappa shape index (κ3) is 2.85. The molecule has 0 radical (unpaired) electrons. The summed E-state index contributed by atoms with van der Waals surface area (Å²) >= 11 is 3.43. The van der Waals surface area contributed by atoms with Gasteiger partial charge in [0.15, 0.2) is 0 Å². The molecule has 3 heteroatoms. The highest BCUT2D eigenvalue weighted by atomic mass is 79.9. The van der Waals surface area contributed by atoms with Gasteiger partial charge in [0, 0.05) is 23.5 Å². The van der Waals surface area contributed by atoms with Crippen molar-refractivity contribution in [2.45, 2.75) is 26.3 Å². The number of carbonyl (C=O) groups is 1. The Morgan fingerprint density at radius 1 is 1.44 bits per heavy atom. The number of nitrogens with zero attached hydrogens (tertiary/aromatic N) is 1. The van der Waals surface area contributed by atoms with Crippen LogP contribution in [-0.2, 0) is 0 Å². The lowest BCUT2D eigenvalue weighted by molar-refractivity contribution is 0.0663. The maximum atomic E-state index is 12.2. The van der Waals surface area contributed by atoms with E-state index in [4.69, 9.17) is 0 Å². The molecule has 0 heterocycles. The van der Waals surface area contributed by atoms with Gasteiger partial charge in [-0.2, -0.15) is 0 Å². The number of halogens is 1. The van der Waals surface area contributed by atoms with Crippen LogP contribution < -0.4 is 0 Å². The van der Waals surface area contributed by atoms with E-state index in [1.807, 2.05) is 52.1 Å². The van der Waals surface area contributed by atoms with Crippen molar-refractivity contribution in [3.63, 3.8) is 0 Å². The van der Waals surface area contributed by atoms with Gasteiger partial charge in [-0.15, -0.1) is 0 Å². The van der Waals surface area contributed by atoms with E-state index in [0.717, 1.165) is 16.5 Å². The normalized spacial score (nSPS) is 11.3. The summed E-state index contributed by atoms with van der Waals surface area (Å²) < 4.78 is 0. The fourth-order valence-electron chi connectivity index (χ4n) is 1.34. The molecule has 0 aliphatic rings. The van der Waals surface area contributed by atoms with Crippen molar-refractivity contribution in [2.24, 2.45) is 0 Å². The minimum absolute atomic E-state index is 0.0631. The first-order valence-corrected chi connectivity index (χ1v) is 6.41. The topological polar surface area (TPSA) is 20.3 Å². The lowest BCUT2D eigenvalue weighted by Crippen LogP contribution is -2.46. The second-order valence-electron chi connectivity index (χ2n) is 4.68. The number of benzene rings is 1. The van der Waals surface area contributed by atoms with Gasteiger partial charge in [0.1, 0.15) is 0 Å². The minimum atomic E-state index is -0.180. The van der Waals surface area contributed by atoms with Crippen LogP contribution in [0.4, 0.5) is 0 Å². The summed E-state index contributed by atoms with van der Waals surface area (Å²) in [5, 5.41) is 0.758. The zero-order chi connectivity index (χ0) is 12.3. The van der Waals surface area contributed by atoms with Crippen molar-refractivity contribution >= 4 is 21.8 Å². The predicted molar refractivity (Wildman–Crippen MR) is 71.1 cm³/mol. The number of hydrogen-bond acceptors (Lipinski definition) is 1. The molecule has 0 spiro atoms. The predicted octanol–water partition coefficient (Wildman–Crippen LogP) is 3.24. The summed E-state index contributed by atoms with van der Waals surface area (Å²) in [7, 11) is 1.84. The van der Waals surface area contributed by atoms with Gasteiger partial charge in [0.05, 0.1) is 0 Å². The molecular formula is C13H18BrNO. The smallest absolute Gasteiger partial charge is 0.254 e. The number of aryl methyl sites for hydroxylation is 1. The first-order valence-electron chi connectivity index (χ1n) is 5.29. The zero-order valence-electron chi connectivity index (χ0n) is 10.2. The van der Waals surface area contributed by atoms with Crippen LogP contribution in [0.2, 0.25) is 0 Å². The van der Waals surface area contributed by atoms with Crippen LogP contribution in [0, 0.1) is 6.92 Å². The first kappa shape index (κ1) is 13.2. The molecule has 0 fully saturated rings. The van der Waals surface area contributed by atoms with Gasteiger partial charge < -0.3 is 4.90 Å². The molecule has 0 aromatic heterocycles. The van der Waals surface area contributed by atoms with E-state index >= 15 is 0 Å². The Hall–Kier alpha value is -0.830. The quantitative estimate of drug-likeness (QED) is 0.780. The summed E-state index contributed by atoms with van der Waals surface area (Å²) in [5.74, 6) is 0.0631. The fraction of sp³-hybridized carbons (Fsp3) is 0.462. The molecule has 1 aromatic carbocycles. The molecule has 0 unspecified atom stereocenters. The molecule has 16 heavy (non-hydrogen) atoms. The van der Waals surface area contributed by atoms with Crippen LogP contribution in [0.1, 0.15) is 29.8 Å². The van der Waals surface area contributed by atoms with Crippen LogP contribution in [0.25, 0.3) is 0 Å².